The fraction of sp³-hybridized carbons (Fsp3) is 1.00. The lowest BCUT2D eigenvalue weighted by Gasteiger charge is -2.38. The number of rotatable bonds is 3. The maximum absolute atomic E-state index is 9.68. The van der Waals surface area contributed by atoms with Crippen LogP contribution in [0, 0.1) is 0 Å². The summed E-state index contributed by atoms with van der Waals surface area (Å²) in [6.07, 6.45) is -3.99. The third-order valence-electron chi connectivity index (χ3n) is 2.24. The molecule has 10 heteroatoms. The second-order valence-electron chi connectivity index (χ2n) is 3.13. The van der Waals surface area contributed by atoms with Crippen LogP contribution < -0.4 is 0 Å². The van der Waals surface area contributed by atoms with Crippen LogP contribution in [0.25, 0.3) is 20.9 Å². The van der Waals surface area contributed by atoms with Crippen LogP contribution in [0.5, 0.6) is 0 Å². The van der Waals surface area contributed by atoms with Crippen molar-refractivity contribution in [2.75, 3.05) is 6.61 Å². The van der Waals surface area contributed by atoms with Gasteiger partial charge in [0.05, 0.1) is 24.9 Å². The third-order valence-corrected chi connectivity index (χ3v) is 2.24. The molecule has 1 heterocycles. The van der Waals surface area contributed by atoms with E-state index in [1.165, 1.54) is 0 Å². The molecule has 0 aromatic carbocycles. The molecule has 0 amide bonds. The molecule has 0 bridgehead atoms. The number of nitrogens with zero attached hydrogens (tertiary/aromatic N) is 6. The lowest BCUT2D eigenvalue weighted by molar-refractivity contribution is -0.215. The molecule has 1 aliphatic heterocycles. The molecular formula is C6H10N6O4. The van der Waals surface area contributed by atoms with E-state index >= 15 is 0 Å². The highest BCUT2D eigenvalue weighted by atomic mass is 16.6. The van der Waals surface area contributed by atoms with Gasteiger partial charge in [-0.05, 0) is 11.1 Å². The smallest absolute Gasteiger partial charge is 0.166 e. The van der Waals surface area contributed by atoms with E-state index in [-0.39, 0.29) is 0 Å². The monoisotopic (exact) mass is 230 g/mol. The van der Waals surface area contributed by atoms with Gasteiger partial charge < -0.3 is 20.1 Å². The first-order chi connectivity index (χ1) is 7.65. The van der Waals surface area contributed by atoms with Crippen LogP contribution in [0.3, 0.4) is 0 Å². The average Bonchev–Trinajstić information content (AvgIpc) is 2.28. The first kappa shape index (κ1) is 12.5. The molecular weight excluding hydrogens is 220 g/mol. The second-order valence-corrected chi connectivity index (χ2v) is 3.13. The molecule has 3 N–H and O–H groups in total. The molecule has 0 aromatic rings. The zero-order chi connectivity index (χ0) is 12.1. The summed E-state index contributed by atoms with van der Waals surface area (Å²) >= 11 is 0. The highest BCUT2D eigenvalue weighted by Crippen LogP contribution is 2.24. The summed E-state index contributed by atoms with van der Waals surface area (Å²) in [4.78, 5) is 4.92. The van der Waals surface area contributed by atoms with Crippen molar-refractivity contribution in [3.05, 3.63) is 20.9 Å². The minimum Gasteiger partial charge on any atom is -0.394 e. The molecule has 0 radical (unpaired) electrons. The van der Waals surface area contributed by atoms with Gasteiger partial charge in [-0.25, -0.2) is 0 Å². The minimum absolute atomic E-state index is 0.541. The molecule has 0 spiro atoms. The van der Waals surface area contributed by atoms with E-state index in [9.17, 15) is 10.2 Å². The van der Waals surface area contributed by atoms with E-state index in [0.717, 1.165) is 0 Å². The summed E-state index contributed by atoms with van der Waals surface area (Å²) in [7, 11) is 0. The molecule has 88 valence electrons. The number of hydrogen-bond donors (Lipinski definition) is 3. The Morgan fingerprint density at radius 1 is 1.12 bits per heavy atom. The van der Waals surface area contributed by atoms with Crippen LogP contribution in [-0.2, 0) is 4.74 Å². The van der Waals surface area contributed by atoms with Crippen molar-refractivity contribution in [1.29, 1.82) is 0 Å². The van der Waals surface area contributed by atoms with Gasteiger partial charge in [-0.3, -0.25) is 0 Å². The Labute approximate surface area is 89.3 Å². The Morgan fingerprint density at radius 2 is 1.69 bits per heavy atom. The van der Waals surface area contributed by atoms with E-state index in [4.69, 9.17) is 20.9 Å². The minimum atomic E-state index is -1.55. The molecule has 0 aliphatic carbocycles. The van der Waals surface area contributed by atoms with E-state index in [2.05, 4.69) is 20.1 Å². The molecule has 0 aromatic heterocycles. The quantitative estimate of drug-likeness (QED) is 0.335. The fourth-order valence-electron chi connectivity index (χ4n) is 1.47. The van der Waals surface area contributed by atoms with Gasteiger partial charge in [0.1, 0.15) is 6.04 Å². The first-order valence-corrected chi connectivity index (χ1v) is 4.36. The van der Waals surface area contributed by atoms with Gasteiger partial charge in [-0.15, -0.1) is 0 Å². The Morgan fingerprint density at radius 3 is 2.19 bits per heavy atom. The lowest BCUT2D eigenvalue weighted by atomic mass is 9.96. The van der Waals surface area contributed by atoms with Gasteiger partial charge in [0.15, 0.2) is 6.29 Å². The SMILES string of the molecule is [N-]=[N+]=NC1[C@H](O)OC(CO)[C@@H](N=[N+]=[N-])[C@@H]1O. The van der Waals surface area contributed by atoms with Crippen LogP contribution in [0.15, 0.2) is 10.2 Å². The van der Waals surface area contributed by atoms with Crippen molar-refractivity contribution in [2.24, 2.45) is 10.2 Å². The van der Waals surface area contributed by atoms with Crippen LogP contribution in [0.2, 0.25) is 0 Å². The second kappa shape index (κ2) is 5.52. The summed E-state index contributed by atoms with van der Waals surface area (Å²) in [6.45, 7) is -0.541. The van der Waals surface area contributed by atoms with Crippen molar-refractivity contribution in [1.82, 2.24) is 0 Å². The van der Waals surface area contributed by atoms with E-state index in [0.29, 0.717) is 0 Å². The van der Waals surface area contributed by atoms with Gasteiger partial charge in [0, 0.05) is 9.82 Å². The predicted octanol–water partition coefficient (Wildman–Crippen LogP) is -0.585. The highest BCUT2D eigenvalue weighted by molar-refractivity contribution is 4.97. The van der Waals surface area contributed by atoms with Crippen molar-refractivity contribution in [3.63, 3.8) is 0 Å². The Hall–Kier alpha value is -1.54. The average molecular weight is 230 g/mol. The number of ether oxygens (including phenoxy) is 1. The summed E-state index contributed by atoms with van der Waals surface area (Å²) in [6, 6.07) is -2.39. The van der Waals surface area contributed by atoms with Gasteiger partial charge in [-0.1, -0.05) is 10.2 Å². The summed E-state index contributed by atoms with van der Waals surface area (Å²) in [5, 5.41) is 34.3. The third kappa shape index (κ3) is 2.34. The van der Waals surface area contributed by atoms with Gasteiger partial charge in [0.25, 0.3) is 0 Å². The number of azide groups is 2. The van der Waals surface area contributed by atoms with Crippen LogP contribution >= 0.6 is 0 Å². The van der Waals surface area contributed by atoms with E-state index < -0.39 is 37.2 Å². The molecule has 10 nitrogen and oxygen atoms in total. The molecule has 0 saturated carbocycles. The largest absolute Gasteiger partial charge is 0.394 e. The molecule has 1 saturated heterocycles. The topological polar surface area (TPSA) is 167 Å². The maximum atomic E-state index is 9.68. The maximum Gasteiger partial charge on any atom is 0.166 e. The van der Waals surface area contributed by atoms with E-state index in [1.807, 2.05) is 0 Å². The molecule has 1 rings (SSSR count). The number of aliphatic hydroxyl groups excluding tert-OH is 3. The van der Waals surface area contributed by atoms with Gasteiger partial charge in [-0.2, -0.15) is 0 Å². The van der Waals surface area contributed by atoms with Crippen molar-refractivity contribution >= 4 is 0 Å². The van der Waals surface area contributed by atoms with Crippen LogP contribution in [-0.4, -0.2) is 52.5 Å². The van der Waals surface area contributed by atoms with E-state index in [1.54, 1.807) is 0 Å². The standard InChI is InChI=1S/C6H10N6O4/c7-11-9-3-2(1-13)16-6(15)4(5(3)14)10-12-8/h2-6,13-15H,1H2/t2?,3-,4?,5+,6-/m1/s1. The summed E-state index contributed by atoms with van der Waals surface area (Å²) in [5.41, 5.74) is 16.5. The van der Waals surface area contributed by atoms with Crippen LogP contribution in [0.4, 0.5) is 0 Å². The molecule has 16 heavy (non-hydrogen) atoms. The van der Waals surface area contributed by atoms with Gasteiger partial charge in [0.2, 0.25) is 0 Å². The number of hydrogen-bond acceptors (Lipinski definition) is 6. The normalized spacial score (nSPS) is 38.3. The predicted molar refractivity (Wildman–Crippen MR) is 49.8 cm³/mol. The number of aliphatic hydroxyl groups is 3. The molecule has 1 aliphatic rings. The van der Waals surface area contributed by atoms with Crippen LogP contribution in [0.1, 0.15) is 0 Å². The van der Waals surface area contributed by atoms with Crippen molar-refractivity contribution in [2.45, 2.75) is 30.6 Å². The molecule has 1 fully saturated rings. The summed E-state index contributed by atoms with van der Waals surface area (Å²) < 4.78 is 4.85. The molecule has 2 unspecified atom stereocenters. The zero-order valence-corrected chi connectivity index (χ0v) is 8.03. The Kier molecular flexibility index (Phi) is 4.32. The van der Waals surface area contributed by atoms with Crippen molar-refractivity contribution < 1.29 is 20.1 Å². The lowest BCUT2D eigenvalue weighted by Crippen LogP contribution is -2.56. The van der Waals surface area contributed by atoms with Crippen molar-refractivity contribution in [3.8, 4) is 0 Å². The first-order valence-electron chi connectivity index (χ1n) is 4.36. The Bertz CT molecular complexity index is 338. The highest BCUT2D eigenvalue weighted by Gasteiger charge is 2.43. The van der Waals surface area contributed by atoms with Gasteiger partial charge >= 0.3 is 0 Å². The fourth-order valence-corrected chi connectivity index (χ4v) is 1.47. The summed E-state index contributed by atoms with van der Waals surface area (Å²) in [5.74, 6) is 0. The Balaban J connectivity index is 2.96. The molecule has 5 atom stereocenters. The zero-order valence-electron chi connectivity index (χ0n) is 8.03.